The SMILES string of the molecule is CC1CC(C)N(c2ncccc2CBr)C1. The van der Waals surface area contributed by atoms with Gasteiger partial charge in [0.2, 0.25) is 0 Å². The highest BCUT2D eigenvalue weighted by Gasteiger charge is 2.28. The molecule has 1 aromatic rings. The first-order valence-electron chi connectivity index (χ1n) is 5.49. The third-order valence-corrected chi connectivity index (χ3v) is 3.67. The standard InChI is InChI=1S/C12H17BrN2/c1-9-6-10(2)15(8-9)12-11(7-13)4-3-5-14-12/h3-5,9-10H,6-8H2,1-2H3. The van der Waals surface area contributed by atoms with Gasteiger partial charge in [-0.3, -0.25) is 0 Å². The summed E-state index contributed by atoms with van der Waals surface area (Å²) < 4.78 is 0. The predicted octanol–water partition coefficient (Wildman–Crippen LogP) is 3.21. The fourth-order valence-electron chi connectivity index (χ4n) is 2.39. The fourth-order valence-corrected chi connectivity index (χ4v) is 2.83. The molecule has 2 atom stereocenters. The molecule has 0 bridgehead atoms. The van der Waals surface area contributed by atoms with Gasteiger partial charge in [-0.15, -0.1) is 0 Å². The molecule has 1 aliphatic heterocycles. The van der Waals surface area contributed by atoms with Crippen molar-refractivity contribution in [3.63, 3.8) is 0 Å². The first-order valence-corrected chi connectivity index (χ1v) is 6.61. The van der Waals surface area contributed by atoms with Crippen molar-refractivity contribution in [1.29, 1.82) is 0 Å². The zero-order valence-electron chi connectivity index (χ0n) is 9.28. The van der Waals surface area contributed by atoms with Crippen molar-refractivity contribution < 1.29 is 0 Å². The maximum absolute atomic E-state index is 4.51. The molecule has 0 aromatic carbocycles. The molecule has 1 aliphatic rings. The van der Waals surface area contributed by atoms with E-state index in [1.807, 2.05) is 12.3 Å². The van der Waals surface area contributed by atoms with Crippen molar-refractivity contribution in [2.45, 2.75) is 31.6 Å². The molecule has 0 amide bonds. The van der Waals surface area contributed by atoms with E-state index in [4.69, 9.17) is 0 Å². The number of hydrogen-bond donors (Lipinski definition) is 0. The van der Waals surface area contributed by atoms with E-state index in [0.717, 1.165) is 23.6 Å². The Morgan fingerprint density at radius 2 is 2.33 bits per heavy atom. The Bertz CT molecular complexity index is 340. The summed E-state index contributed by atoms with van der Waals surface area (Å²) >= 11 is 3.52. The molecule has 0 radical (unpaired) electrons. The first-order chi connectivity index (χ1) is 7.22. The summed E-state index contributed by atoms with van der Waals surface area (Å²) in [6.45, 7) is 5.74. The smallest absolute Gasteiger partial charge is 0.132 e. The second kappa shape index (κ2) is 4.52. The number of rotatable bonds is 2. The maximum atomic E-state index is 4.51. The molecule has 82 valence electrons. The highest BCUT2D eigenvalue weighted by molar-refractivity contribution is 9.08. The minimum absolute atomic E-state index is 0.618. The zero-order chi connectivity index (χ0) is 10.8. The Morgan fingerprint density at radius 1 is 1.53 bits per heavy atom. The Balaban J connectivity index is 2.29. The summed E-state index contributed by atoms with van der Waals surface area (Å²) in [5, 5.41) is 0.883. The summed E-state index contributed by atoms with van der Waals surface area (Å²) in [4.78, 5) is 6.94. The fraction of sp³-hybridized carbons (Fsp3) is 0.583. The van der Waals surface area contributed by atoms with E-state index in [9.17, 15) is 0 Å². The summed E-state index contributed by atoms with van der Waals surface area (Å²) in [7, 11) is 0. The lowest BCUT2D eigenvalue weighted by molar-refractivity contribution is 0.625. The van der Waals surface area contributed by atoms with Crippen LogP contribution >= 0.6 is 15.9 Å². The number of hydrogen-bond acceptors (Lipinski definition) is 2. The molecule has 3 heteroatoms. The average molecular weight is 269 g/mol. The number of halogens is 1. The van der Waals surface area contributed by atoms with Crippen LogP contribution in [0.25, 0.3) is 0 Å². The van der Waals surface area contributed by atoms with Gasteiger partial charge in [0.25, 0.3) is 0 Å². The summed E-state index contributed by atoms with van der Waals surface area (Å²) in [6, 6.07) is 4.77. The average Bonchev–Trinajstić information content (AvgIpc) is 2.57. The lowest BCUT2D eigenvalue weighted by Gasteiger charge is -2.24. The van der Waals surface area contributed by atoms with Crippen LogP contribution in [-0.4, -0.2) is 17.6 Å². The summed E-state index contributed by atoms with van der Waals surface area (Å²) in [5.74, 6) is 1.94. The van der Waals surface area contributed by atoms with E-state index in [1.165, 1.54) is 12.0 Å². The van der Waals surface area contributed by atoms with Crippen LogP contribution in [0.4, 0.5) is 5.82 Å². The van der Waals surface area contributed by atoms with Gasteiger partial charge in [0.1, 0.15) is 5.82 Å². The van der Waals surface area contributed by atoms with E-state index in [0.29, 0.717) is 6.04 Å². The lowest BCUT2D eigenvalue weighted by Crippen LogP contribution is -2.28. The highest BCUT2D eigenvalue weighted by atomic mass is 79.9. The van der Waals surface area contributed by atoms with Crippen molar-refractivity contribution in [3.8, 4) is 0 Å². The van der Waals surface area contributed by atoms with Crippen molar-refractivity contribution in [1.82, 2.24) is 4.98 Å². The van der Waals surface area contributed by atoms with Gasteiger partial charge in [0, 0.05) is 29.7 Å². The third-order valence-electron chi connectivity index (χ3n) is 3.07. The number of alkyl halides is 1. The van der Waals surface area contributed by atoms with Crippen molar-refractivity contribution in [2.75, 3.05) is 11.4 Å². The summed E-state index contributed by atoms with van der Waals surface area (Å²) in [5.41, 5.74) is 1.29. The van der Waals surface area contributed by atoms with E-state index < -0.39 is 0 Å². The molecular weight excluding hydrogens is 252 g/mol. The van der Waals surface area contributed by atoms with Crippen LogP contribution in [0.15, 0.2) is 18.3 Å². The van der Waals surface area contributed by atoms with Gasteiger partial charge in [0.15, 0.2) is 0 Å². The van der Waals surface area contributed by atoms with Gasteiger partial charge >= 0.3 is 0 Å². The number of pyridine rings is 1. The molecular formula is C12H17BrN2. The van der Waals surface area contributed by atoms with Gasteiger partial charge in [-0.2, -0.15) is 0 Å². The molecule has 15 heavy (non-hydrogen) atoms. The van der Waals surface area contributed by atoms with E-state index in [1.54, 1.807) is 0 Å². The second-order valence-electron chi connectivity index (χ2n) is 4.46. The quantitative estimate of drug-likeness (QED) is 0.766. The largest absolute Gasteiger partial charge is 0.353 e. The van der Waals surface area contributed by atoms with Crippen molar-refractivity contribution >= 4 is 21.7 Å². The minimum atomic E-state index is 0.618. The second-order valence-corrected chi connectivity index (χ2v) is 5.02. The summed E-state index contributed by atoms with van der Waals surface area (Å²) in [6.07, 6.45) is 3.16. The van der Waals surface area contributed by atoms with Crippen LogP contribution in [0, 0.1) is 5.92 Å². The third kappa shape index (κ3) is 2.17. The van der Waals surface area contributed by atoms with Crippen molar-refractivity contribution in [2.24, 2.45) is 5.92 Å². The van der Waals surface area contributed by atoms with Crippen molar-refractivity contribution in [3.05, 3.63) is 23.9 Å². The van der Waals surface area contributed by atoms with Crippen LogP contribution in [0.1, 0.15) is 25.8 Å². The molecule has 0 N–H and O–H groups in total. The van der Waals surface area contributed by atoms with E-state index in [2.05, 4.69) is 45.7 Å². The number of anilines is 1. The number of aromatic nitrogens is 1. The lowest BCUT2D eigenvalue weighted by atomic mass is 10.1. The Labute approximate surface area is 99.8 Å². The number of nitrogens with zero attached hydrogens (tertiary/aromatic N) is 2. The molecule has 1 aromatic heterocycles. The van der Waals surface area contributed by atoms with Gasteiger partial charge < -0.3 is 4.90 Å². The van der Waals surface area contributed by atoms with E-state index in [-0.39, 0.29) is 0 Å². The Kier molecular flexibility index (Phi) is 3.29. The zero-order valence-corrected chi connectivity index (χ0v) is 10.9. The van der Waals surface area contributed by atoms with Gasteiger partial charge in [0.05, 0.1) is 0 Å². The van der Waals surface area contributed by atoms with E-state index >= 15 is 0 Å². The molecule has 2 nitrogen and oxygen atoms in total. The topological polar surface area (TPSA) is 16.1 Å². The van der Waals surface area contributed by atoms with Gasteiger partial charge in [-0.25, -0.2) is 4.98 Å². The molecule has 1 fully saturated rings. The van der Waals surface area contributed by atoms with Gasteiger partial charge in [-0.05, 0) is 25.3 Å². The Hall–Kier alpha value is -0.570. The monoisotopic (exact) mass is 268 g/mol. The van der Waals surface area contributed by atoms with Crippen LogP contribution in [0.5, 0.6) is 0 Å². The first kappa shape index (κ1) is 10.9. The minimum Gasteiger partial charge on any atom is -0.353 e. The van der Waals surface area contributed by atoms with Crippen LogP contribution in [-0.2, 0) is 5.33 Å². The van der Waals surface area contributed by atoms with Crippen LogP contribution in [0.2, 0.25) is 0 Å². The maximum Gasteiger partial charge on any atom is 0.132 e. The highest BCUT2D eigenvalue weighted by Crippen LogP contribution is 2.30. The Morgan fingerprint density at radius 3 is 2.93 bits per heavy atom. The molecule has 0 aliphatic carbocycles. The van der Waals surface area contributed by atoms with Crippen LogP contribution in [0.3, 0.4) is 0 Å². The molecule has 2 rings (SSSR count). The molecule has 0 saturated carbocycles. The molecule has 2 heterocycles. The predicted molar refractivity (Wildman–Crippen MR) is 67.5 cm³/mol. The normalized spacial score (nSPS) is 25.9. The molecule has 2 unspecified atom stereocenters. The molecule has 0 spiro atoms. The van der Waals surface area contributed by atoms with Gasteiger partial charge in [-0.1, -0.05) is 28.9 Å². The molecule has 1 saturated heterocycles. The van der Waals surface area contributed by atoms with Crippen LogP contribution < -0.4 is 4.90 Å².